The summed E-state index contributed by atoms with van der Waals surface area (Å²) < 4.78 is 24.9. The Labute approximate surface area is 157 Å². The number of carbonyl (C=O) groups is 1. The molecule has 142 valence electrons. The van der Waals surface area contributed by atoms with Crippen LogP contribution >= 0.6 is 0 Å². The van der Waals surface area contributed by atoms with Crippen molar-refractivity contribution in [2.75, 3.05) is 22.4 Å². The minimum atomic E-state index is -3.48. The zero-order chi connectivity index (χ0) is 20.2. The van der Waals surface area contributed by atoms with Crippen molar-refractivity contribution in [3.8, 4) is 0 Å². The maximum Gasteiger partial charge on any atom is 0.271 e. The summed E-state index contributed by atoms with van der Waals surface area (Å²) in [5.41, 5.74) is 1.58. The standard InChI is InChI=1S/C18H19N3O5S/c1-4-11-20(27(3,25)26)15-9-6-14(7-10-15)18(22)19-17-12-16(21(23)24)8-5-13(17)2/h4-10,12H,1,11H2,2-3H3,(H,19,22). The Balaban J connectivity index is 2.25. The van der Waals surface area contributed by atoms with E-state index in [0.717, 1.165) is 10.6 Å². The van der Waals surface area contributed by atoms with Crippen molar-refractivity contribution < 1.29 is 18.1 Å². The van der Waals surface area contributed by atoms with Gasteiger partial charge in [-0.2, -0.15) is 0 Å². The third kappa shape index (κ3) is 4.91. The number of nitro groups is 1. The van der Waals surface area contributed by atoms with Crippen LogP contribution < -0.4 is 9.62 Å². The molecule has 2 rings (SSSR count). The Kier molecular flexibility index (Phi) is 5.96. The van der Waals surface area contributed by atoms with Crippen LogP contribution in [0, 0.1) is 17.0 Å². The first-order chi connectivity index (χ1) is 12.6. The van der Waals surface area contributed by atoms with Gasteiger partial charge in [0.2, 0.25) is 10.0 Å². The summed E-state index contributed by atoms with van der Waals surface area (Å²) in [6.07, 6.45) is 2.55. The molecule has 0 heterocycles. The van der Waals surface area contributed by atoms with Crippen molar-refractivity contribution in [2.45, 2.75) is 6.92 Å². The van der Waals surface area contributed by atoms with Gasteiger partial charge < -0.3 is 5.32 Å². The molecular weight excluding hydrogens is 370 g/mol. The van der Waals surface area contributed by atoms with Crippen LogP contribution in [0.25, 0.3) is 0 Å². The number of non-ortho nitro benzene ring substituents is 1. The number of nitrogens with one attached hydrogen (secondary N) is 1. The maximum atomic E-state index is 12.4. The van der Waals surface area contributed by atoms with Gasteiger partial charge in [0.1, 0.15) is 0 Å². The van der Waals surface area contributed by atoms with E-state index in [4.69, 9.17) is 0 Å². The fourth-order valence-electron chi connectivity index (χ4n) is 2.38. The third-order valence-electron chi connectivity index (χ3n) is 3.79. The minimum Gasteiger partial charge on any atom is -0.321 e. The van der Waals surface area contributed by atoms with Crippen molar-refractivity contribution >= 4 is 33.0 Å². The number of aryl methyl sites for hydroxylation is 1. The number of carbonyl (C=O) groups excluding carboxylic acids is 1. The largest absolute Gasteiger partial charge is 0.321 e. The van der Waals surface area contributed by atoms with Gasteiger partial charge in [-0.25, -0.2) is 8.42 Å². The summed E-state index contributed by atoms with van der Waals surface area (Å²) in [6, 6.07) is 10.2. The molecule has 0 aliphatic heterocycles. The number of rotatable bonds is 7. The van der Waals surface area contributed by atoms with Crippen LogP contribution in [0.1, 0.15) is 15.9 Å². The summed E-state index contributed by atoms with van der Waals surface area (Å²) in [5, 5.41) is 13.5. The first-order valence-corrected chi connectivity index (χ1v) is 9.73. The molecule has 8 nitrogen and oxygen atoms in total. The molecule has 0 saturated heterocycles. The first-order valence-electron chi connectivity index (χ1n) is 7.88. The molecule has 2 aromatic carbocycles. The molecule has 0 bridgehead atoms. The Hall–Kier alpha value is -3.20. The van der Waals surface area contributed by atoms with E-state index in [1.54, 1.807) is 13.0 Å². The van der Waals surface area contributed by atoms with E-state index in [1.165, 1.54) is 42.5 Å². The molecule has 0 spiro atoms. The second kappa shape index (κ2) is 8.00. The zero-order valence-corrected chi connectivity index (χ0v) is 15.7. The highest BCUT2D eigenvalue weighted by Gasteiger charge is 2.17. The molecule has 0 aliphatic carbocycles. The smallest absolute Gasteiger partial charge is 0.271 e. The quantitative estimate of drug-likeness (QED) is 0.444. The Morgan fingerprint density at radius 3 is 2.41 bits per heavy atom. The normalized spacial score (nSPS) is 10.9. The molecular formula is C18H19N3O5S. The van der Waals surface area contributed by atoms with Crippen LogP contribution in [0.15, 0.2) is 55.1 Å². The monoisotopic (exact) mass is 389 g/mol. The zero-order valence-electron chi connectivity index (χ0n) is 14.9. The van der Waals surface area contributed by atoms with Gasteiger partial charge in [-0.3, -0.25) is 19.2 Å². The van der Waals surface area contributed by atoms with Gasteiger partial charge in [0.05, 0.1) is 29.1 Å². The highest BCUT2D eigenvalue weighted by molar-refractivity contribution is 7.92. The van der Waals surface area contributed by atoms with E-state index >= 15 is 0 Å². The fraction of sp³-hybridized carbons (Fsp3) is 0.167. The predicted molar refractivity (Wildman–Crippen MR) is 105 cm³/mol. The lowest BCUT2D eigenvalue weighted by atomic mass is 10.1. The Morgan fingerprint density at radius 2 is 1.89 bits per heavy atom. The van der Waals surface area contributed by atoms with Gasteiger partial charge in [-0.05, 0) is 36.8 Å². The molecule has 0 radical (unpaired) electrons. The number of benzene rings is 2. The van der Waals surface area contributed by atoms with Gasteiger partial charge in [0, 0.05) is 17.7 Å². The van der Waals surface area contributed by atoms with Crippen LogP contribution in [0.3, 0.4) is 0 Å². The van der Waals surface area contributed by atoms with Gasteiger partial charge >= 0.3 is 0 Å². The molecule has 0 fully saturated rings. The SMILES string of the molecule is C=CCN(c1ccc(C(=O)Nc2cc([N+](=O)[O-])ccc2C)cc1)S(C)(=O)=O. The average Bonchev–Trinajstić information content (AvgIpc) is 2.60. The van der Waals surface area contributed by atoms with E-state index in [9.17, 15) is 23.3 Å². The summed E-state index contributed by atoms with van der Waals surface area (Å²) >= 11 is 0. The van der Waals surface area contributed by atoms with Crippen molar-refractivity contribution in [1.82, 2.24) is 0 Å². The number of nitrogens with zero attached hydrogens (tertiary/aromatic N) is 2. The van der Waals surface area contributed by atoms with Crippen molar-refractivity contribution in [3.05, 3.63) is 76.4 Å². The predicted octanol–water partition coefficient (Wildman–Crippen LogP) is 3.11. The van der Waals surface area contributed by atoms with E-state index in [-0.39, 0.29) is 17.8 Å². The van der Waals surface area contributed by atoms with Crippen LogP contribution in [0.5, 0.6) is 0 Å². The molecule has 1 N–H and O–H groups in total. The van der Waals surface area contributed by atoms with E-state index in [1.807, 2.05) is 0 Å². The highest BCUT2D eigenvalue weighted by Crippen LogP contribution is 2.23. The molecule has 0 aliphatic rings. The lowest BCUT2D eigenvalue weighted by molar-refractivity contribution is -0.384. The lowest BCUT2D eigenvalue weighted by Gasteiger charge is -2.20. The highest BCUT2D eigenvalue weighted by atomic mass is 32.2. The molecule has 0 atom stereocenters. The number of hydrogen-bond acceptors (Lipinski definition) is 5. The van der Waals surface area contributed by atoms with Gasteiger partial charge in [-0.15, -0.1) is 6.58 Å². The second-order valence-corrected chi connectivity index (χ2v) is 7.75. The number of anilines is 2. The van der Waals surface area contributed by atoms with E-state index in [0.29, 0.717) is 16.9 Å². The van der Waals surface area contributed by atoms with Gasteiger partial charge in [0.25, 0.3) is 11.6 Å². The topological polar surface area (TPSA) is 110 Å². The van der Waals surface area contributed by atoms with Crippen LogP contribution in [0.4, 0.5) is 17.1 Å². The molecule has 2 aromatic rings. The number of hydrogen-bond donors (Lipinski definition) is 1. The van der Waals surface area contributed by atoms with Crippen molar-refractivity contribution in [1.29, 1.82) is 0 Å². The fourth-order valence-corrected chi connectivity index (χ4v) is 3.26. The molecule has 0 aromatic heterocycles. The van der Waals surface area contributed by atoms with Crippen molar-refractivity contribution in [2.24, 2.45) is 0 Å². The summed E-state index contributed by atoms with van der Waals surface area (Å²) in [5.74, 6) is -0.459. The Bertz CT molecular complexity index is 985. The minimum absolute atomic E-state index is 0.108. The average molecular weight is 389 g/mol. The van der Waals surface area contributed by atoms with Crippen LogP contribution in [-0.4, -0.2) is 32.0 Å². The number of amides is 1. The molecule has 1 amide bonds. The second-order valence-electron chi connectivity index (χ2n) is 5.84. The van der Waals surface area contributed by atoms with Crippen LogP contribution in [-0.2, 0) is 10.0 Å². The molecule has 9 heteroatoms. The lowest BCUT2D eigenvalue weighted by Crippen LogP contribution is -2.29. The van der Waals surface area contributed by atoms with Gasteiger partial charge in [0.15, 0.2) is 0 Å². The molecule has 0 saturated carbocycles. The third-order valence-corrected chi connectivity index (χ3v) is 4.95. The molecule has 0 unspecified atom stereocenters. The van der Waals surface area contributed by atoms with E-state index in [2.05, 4.69) is 11.9 Å². The first kappa shape index (κ1) is 20.1. The number of nitro benzene ring substituents is 1. The Morgan fingerprint density at radius 1 is 1.26 bits per heavy atom. The summed E-state index contributed by atoms with van der Waals surface area (Å²) in [4.78, 5) is 22.8. The van der Waals surface area contributed by atoms with E-state index < -0.39 is 20.9 Å². The summed E-state index contributed by atoms with van der Waals surface area (Å²) in [7, 11) is -3.48. The number of sulfonamides is 1. The van der Waals surface area contributed by atoms with Crippen molar-refractivity contribution in [3.63, 3.8) is 0 Å². The molecule has 27 heavy (non-hydrogen) atoms. The van der Waals surface area contributed by atoms with Crippen LogP contribution in [0.2, 0.25) is 0 Å². The summed E-state index contributed by atoms with van der Waals surface area (Å²) in [6.45, 7) is 5.37. The van der Waals surface area contributed by atoms with Gasteiger partial charge in [-0.1, -0.05) is 12.1 Å². The maximum absolute atomic E-state index is 12.4.